The third-order valence-electron chi connectivity index (χ3n) is 4.34. The average Bonchev–Trinajstić information content (AvgIpc) is 3.04. The zero-order valence-corrected chi connectivity index (χ0v) is 16.5. The molecule has 0 unspecified atom stereocenters. The molecule has 0 bridgehead atoms. The smallest absolute Gasteiger partial charge is 0.253 e. The van der Waals surface area contributed by atoms with E-state index in [4.69, 9.17) is 0 Å². The fourth-order valence-corrected chi connectivity index (χ4v) is 3.44. The number of nitrogens with zero attached hydrogens (tertiary/aromatic N) is 3. The first-order valence-corrected chi connectivity index (χ1v) is 10.5. The first-order chi connectivity index (χ1) is 12.7. The van der Waals surface area contributed by atoms with Crippen LogP contribution in [-0.2, 0) is 9.84 Å². The Morgan fingerprint density at radius 1 is 1.11 bits per heavy atom. The molecule has 1 amide bonds. The molecule has 7 nitrogen and oxygen atoms in total. The van der Waals surface area contributed by atoms with Crippen molar-refractivity contribution in [3.05, 3.63) is 53.9 Å². The molecule has 27 heavy (non-hydrogen) atoms. The van der Waals surface area contributed by atoms with Gasteiger partial charge in [0.05, 0.1) is 22.7 Å². The lowest BCUT2D eigenvalue weighted by molar-refractivity contribution is 0.0939. The normalized spacial score (nSPS) is 13.1. The van der Waals surface area contributed by atoms with Gasteiger partial charge in [0.1, 0.15) is 0 Å². The van der Waals surface area contributed by atoms with Gasteiger partial charge in [-0.1, -0.05) is 12.1 Å². The van der Waals surface area contributed by atoms with E-state index in [-0.39, 0.29) is 22.9 Å². The first kappa shape index (κ1) is 19.0. The number of pyridine rings is 1. The van der Waals surface area contributed by atoms with Crippen molar-refractivity contribution in [2.45, 2.75) is 37.8 Å². The number of rotatable bonds is 5. The van der Waals surface area contributed by atoms with E-state index in [1.807, 2.05) is 25.5 Å². The molecule has 0 aliphatic rings. The van der Waals surface area contributed by atoms with Gasteiger partial charge in [0, 0.05) is 23.9 Å². The van der Waals surface area contributed by atoms with Gasteiger partial charge in [-0.15, -0.1) is 0 Å². The molecular formula is C19H22N4O3S. The number of carbonyl (C=O) groups excluding carboxylic acids is 1. The molecule has 0 saturated carbocycles. The van der Waals surface area contributed by atoms with Gasteiger partial charge in [-0.3, -0.25) is 4.79 Å². The van der Waals surface area contributed by atoms with Crippen molar-refractivity contribution in [3.63, 3.8) is 0 Å². The summed E-state index contributed by atoms with van der Waals surface area (Å²) in [7, 11) is -3.24. The zero-order chi connectivity index (χ0) is 19.8. The van der Waals surface area contributed by atoms with Gasteiger partial charge >= 0.3 is 0 Å². The summed E-state index contributed by atoms with van der Waals surface area (Å²) in [5.74, 6) is -0.249. The molecule has 3 aromatic rings. The standard InChI is InChI=1S/C19H22N4O3S/c1-12(2)23-18-15(11-21-23)9-16(10-20-18)19(24)22-13(3)14-5-7-17(8-6-14)27(4,25)26/h5-13H,1-4H3,(H,22,24)/t13-/m0/s1. The van der Waals surface area contributed by atoms with Crippen molar-refractivity contribution >= 4 is 26.8 Å². The van der Waals surface area contributed by atoms with Gasteiger partial charge in [-0.05, 0) is 44.5 Å². The largest absolute Gasteiger partial charge is 0.345 e. The van der Waals surface area contributed by atoms with E-state index in [9.17, 15) is 13.2 Å². The monoisotopic (exact) mass is 386 g/mol. The summed E-state index contributed by atoms with van der Waals surface area (Å²) in [5, 5.41) is 8.02. The predicted molar refractivity (Wildman–Crippen MR) is 103 cm³/mol. The second kappa shape index (κ2) is 7.11. The van der Waals surface area contributed by atoms with E-state index in [1.54, 1.807) is 36.5 Å². The molecule has 2 aromatic heterocycles. The first-order valence-electron chi connectivity index (χ1n) is 8.61. The van der Waals surface area contributed by atoms with Crippen LogP contribution in [0.4, 0.5) is 0 Å². The number of amides is 1. The molecule has 0 saturated heterocycles. The summed E-state index contributed by atoms with van der Waals surface area (Å²) in [6.45, 7) is 5.88. The van der Waals surface area contributed by atoms with Crippen molar-refractivity contribution < 1.29 is 13.2 Å². The fraction of sp³-hybridized carbons (Fsp3) is 0.316. The highest BCUT2D eigenvalue weighted by Gasteiger charge is 2.15. The minimum absolute atomic E-state index is 0.185. The molecule has 2 heterocycles. The lowest BCUT2D eigenvalue weighted by Crippen LogP contribution is -2.26. The third-order valence-corrected chi connectivity index (χ3v) is 5.47. The molecule has 0 fully saturated rings. The maximum Gasteiger partial charge on any atom is 0.253 e. The number of carbonyl (C=O) groups is 1. The van der Waals surface area contributed by atoms with Crippen LogP contribution in [0.1, 0.15) is 48.8 Å². The molecule has 142 valence electrons. The van der Waals surface area contributed by atoms with Crippen molar-refractivity contribution in [3.8, 4) is 0 Å². The summed E-state index contributed by atoms with van der Waals surface area (Å²) < 4.78 is 24.9. The summed E-state index contributed by atoms with van der Waals surface area (Å²) >= 11 is 0. The molecule has 0 radical (unpaired) electrons. The van der Waals surface area contributed by atoms with Gasteiger partial charge in [0.2, 0.25) is 0 Å². The molecule has 0 aliphatic carbocycles. The Morgan fingerprint density at radius 3 is 2.37 bits per heavy atom. The second-order valence-electron chi connectivity index (χ2n) is 6.86. The van der Waals surface area contributed by atoms with Crippen LogP contribution in [0.5, 0.6) is 0 Å². The maximum absolute atomic E-state index is 12.6. The SMILES string of the molecule is CC(C)n1ncc2cc(C(=O)N[C@@H](C)c3ccc(S(C)(=O)=O)cc3)cnc21. The summed E-state index contributed by atoms with van der Waals surface area (Å²) in [6.07, 6.45) is 4.40. The lowest BCUT2D eigenvalue weighted by atomic mass is 10.1. The van der Waals surface area contributed by atoms with Gasteiger partial charge in [-0.2, -0.15) is 5.10 Å². The Morgan fingerprint density at radius 2 is 1.78 bits per heavy atom. The highest BCUT2D eigenvalue weighted by molar-refractivity contribution is 7.90. The van der Waals surface area contributed by atoms with Crippen molar-refractivity contribution in [2.24, 2.45) is 0 Å². The third kappa shape index (κ3) is 4.00. The fourth-order valence-electron chi connectivity index (χ4n) is 2.81. The Hall–Kier alpha value is -2.74. The van der Waals surface area contributed by atoms with E-state index in [1.165, 1.54) is 6.20 Å². The summed E-state index contributed by atoms with van der Waals surface area (Å²) in [4.78, 5) is 17.2. The van der Waals surface area contributed by atoms with E-state index >= 15 is 0 Å². The number of benzene rings is 1. The topological polar surface area (TPSA) is 94.0 Å². The van der Waals surface area contributed by atoms with Crippen LogP contribution in [0.15, 0.2) is 47.6 Å². The van der Waals surface area contributed by atoms with Gasteiger partial charge in [-0.25, -0.2) is 18.1 Å². The molecule has 1 atom stereocenters. The Bertz CT molecular complexity index is 1090. The number of nitrogens with one attached hydrogen (secondary N) is 1. The Labute approximate surface area is 158 Å². The molecule has 1 N–H and O–H groups in total. The number of hydrogen-bond donors (Lipinski definition) is 1. The molecule has 3 rings (SSSR count). The highest BCUT2D eigenvalue weighted by Crippen LogP contribution is 2.19. The number of aromatic nitrogens is 3. The summed E-state index contributed by atoms with van der Waals surface area (Å²) in [6, 6.07) is 8.17. The van der Waals surface area contributed by atoms with Crippen LogP contribution in [0.3, 0.4) is 0 Å². The number of hydrogen-bond acceptors (Lipinski definition) is 5. The highest BCUT2D eigenvalue weighted by atomic mass is 32.2. The Balaban J connectivity index is 1.77. The van der Waals surface area contributed by atoms with E-state index in [0.717, 1.165) is 22.9 Å². The molecule has 0 spiro atoms. The summed E-state index contributed by atoms with van der Waals surface area (Å²) in [5.41, 5.74) is 2.01. The quantitative estimate of drug-likeness (QED) is 0.728. The van der Waals surface area contributed by atoms with Gasteiger partial charge in [0.15, 0.2) is 15.5 Å². The number of fused-ring (bicyclic) bond motifs is 1. The average molecular weight is 386 g/mol. The Kier molecular flexibility index (Phi) is 5.01. The molecule has 0 aliphatic heterocycles. The minimum atomic E-state index is -3.24. The number of sulfone groups is 1. The van der Waals surface area contributed by atoms with Crippen LogP contribution in [0, 0.1) is 0 Å². The molecular weight excluding hydrogens is 364 g/mol. The van der Waals surface area contributed by atoms with E-state index in [0.29, 0.717) is 5.56 Å². The van der Waals surface area contributed by atoms with Crippen molar-refractivity contribution in [2.75, 3.05) is 6.26 Å². The van der Waals surface area contributed by atoms with Crippen LogP contribution < -0.4 is 5.32 Å². The van der Waals surface area contributed by atoms with Crippen LogP contribution in [-0.4, -0.2) is 35.3 Å². The predicted octanol–water partition coefficient (Wildman–Crippen LogP) is 2.91. The van der Waals surface area contributed by atoms with Crippen molar-refractivity contribution in [1.29, 1.82) is 0 Å². The van der Waals surface area contributed by atoms with Gasteiger partial charge < -0.3 is 5.32 Å². The zero-order valence-electron chi connectivity index (χ0n) is 15.7. The minimum Gasteiger partial charge on any atom is -0.345 e. The lowest BCUT2D eigenvalue weighted by Gasteiger charge is -2.15. The molecule has 8 heteroatoms. The van der Waals surface area contributed by atoms with Crippen LogP contribution in [0.25, 0.3) is 11.0 Å². The van der Waals surface area contributed by atoms with E-state index in [2.05, 4.69) is 15.4 Å². The second-order valence-corrected chi connectivity index (χ2v) is 8.87. The van der Waals surface area contributed by atoms with Crippen molar-refractivity contribution in [1.82, 2.24) is 20.1 Å². The molecule has 1 aromatic carbocycles. The maximum atomic E-state index is 12.6. The van der Waals surface area contributed by atoms with Crippen LogP contribution in [0.2, 0.25) is 0 Å². The van der Waals surface area contributed by atoms with E-state index < -0.39 is 9.84 Å². The van der Waals surface area contributed by atoms with Gasteiger partial charge in [0.25, 0.3) is 5.91 Å². The van der Waals surface area contributed by atoms with Crippen LogP contribution >= 0.6 is 0 Å².